The van der Waals surface area contributed by atoms with Gasteiger partial charge < -0.3 is 9.88 Å². The lowest BCUT2D eigenvalue weighted by Gasteiger charge is -2.05. The number of thioether (sulfide) groups is 1. The van der Waals surface area contributed by atoms with Gasteiger partial charge in [0.15, 0.2) is 5.65 Å². The van der Waals surface area contributed by atoms with Crippen molar-refractivity contribution in [2.24, 2.45) is 0 Å². The molecule has 0 radical (unpaired) electrons. The summed E-state index contributed by atoms with van der Waals surface area (Å²) in [7, 11) is 0. The maximum Gasteiger partial charge on any atom is 0.230 e. The van der Waals surface area contributed by atoms with Crippen LogP contribution in [0.4, 0.5) is 0 Å². The number of hydrogen-bond donors (Lipinski definition) is 1. The first-order valence-electron chi connectivity index (χ1n) is 9.30. The summed E-state index contributed by atoms with van der Waals surface area (Å²) in [5, 5.41) is 15.2. The van der Waals surface area contributed by atoms with Crippen LogP contribution < -0.4 is 5.32 Å². The fourth-order valence-corrected chi connectivity index (χ4v) is 4.48. The molecule has 0 saturated heterocycles. The number of carbonyl (C=O) groups excluding carboxylic acids is 1. The fourth-order valence-electron chi connectivity index (χ4n) is 3.16. The van der Waals surface area contributed by atoms with E-state index in [0.29, 0.717) is 11.7 Å². The molecule has 1 N–H and O–H groups in total. The summed E-state index contributed by atoms with van der Waals surface area (Å²) in [5.74, 6) is 0.269. The van der Waals surface area contributed by atoms with Gasteiger partial charge in [-0.2, -0.15) is 0 Å². The second-order valence-corrected chi connectivity index (χ2v) is 8.38. The van der Waals surface area contributed by atoms with Gasteiger partial charge in [0.05, 0.1) is 11.3 Å². The fraction of sp³-hybridized carbons (Fsp3) is 0.300. The number of amides is 1. The molecular weight excluding hydrogens is 390 g/mol. The lowest BCUT2D eigenvalue weighted by molar-refractivity contribution is -0.118. The van der Waals surface area contributed by atoms with Crippen LogP contribution in [0, 0.1) is 0 Å². The largest absolute Gasteiger partial charge is 0.355 e. The van der Waals surface area contributed by atoms with E-state index in [0.717, 1.165) is 41.5 Å². The highest BCUT2D eigenvalue weighted by molar-refractivity contribution is 7.99. The van der Waals surface area contributed by atoms with Crippen molar-refractivity contribution in [3.8, 4) is 0 Å². The molecule has 0 atom stereocenters. The van der Waals surface area contributed by atoms with Crippen molar-refractivity contribution < 1.29 is 4.79 Å². The van der Waals surface area contributed by atoms with E-state index in [1.807, 2.05) is 29.6 Å². The molecule has 4 aromatic rings. The normalized spacial score (nSPS) is 11.3. The topological polar surface area (TPSA) is 72.7 Å². The third-order valence-electron chi connectivity index (χ3n) is 4.41. The zero-order valence-electron chi connectivity index (χ0n) is 15.6. The van der Waals surface area contributed by atoms with Crippen LogP contribution in [0.3, 0.4) is 0 Å². The molecule has 0 aliphatic rings. The number of carbonyl (C=O) groups is 1. The molecule has 3 aromatic heterocycles. The molecule has 0 aliphatic heterocycles. The Labute approximate surface area is 171 Å². The molecule has 144 valence electrons. The first kappa shape index (κ1) is 18.9. The predicted octanol–water partition coefficient (Wildman–Crippen LogP) is 3.90. The van der Waals surface area contributed by atoms with Gasteiger partial charge in [0.25, 0.3) is 0 Å². The Bertz CT molecular complexity index is 1090. The Balaban J connectivity index is 1.44. The van der Waals surface area contributed by atoms with Gasteiger partial charge in [-0.3, -0.25) is 4.79 Å². The van der Waals surface area contributed by atoms with Gasteiger partial charge in [0.1, 0.15) is 5.52 Å². The molecule has 1 amide bonds. The Morgan fingerprint density at radius 3 is 2.93 bits per heavy atom. The van der Waals surface area contributed by atoms with E-state index in [4.69, 9.17) is 4.98 Å². The summed E-state index contributed by atoms with van der Waals surface area (Å²) < 4.78 is 2.19. The number of benzene rings is 1. The van der Waals surface area contributed by atoms with Crippen LogP contribution >= 0.6 is 23.1 Å². The molecule has 1 aromatic carbocycles. The second-order valence-electron chi connectivity index (χ2n) is 6.40. The van der Waals surface area contributed by atoms with E-state index in [9.17, 15) is 4.79 Å². The number of para-hydroxylation sites is 1. The molecule has 0 bridgehead atoms. The van der Waals surface area contributed by atoms with Crippen molar-refractivity contribution in [3.63, 3.8) is 0 Å². The van der Waals surface area contributed by atoms with Crippen molar-refractivity contribution >= 4 is 51.1 Å². The van der Waals surface area contributed by atoms with Gasteiger partial charge in [0, 0.05) is 23.4 Å². The van der Waals surface area contributed by atoms with Crippen molar-refractivity contribution in [2.75, 3.05) is 12.3 Å². The summed E-state index contributed by atoms with van der Waals surface area (Å²) in [6, 6.07) is 12.3. The second kappa shape index (κ2) is 8.70. The highest BCUT2D eigenvalue weighted by Gasteiger charge is 2.14. The Morgan fingerprint density at radius 2 is 2.11 bits per heavy atom. The Kier molecular flexibility index (Phi) is 5.87. The number of nitrogens with zero attached hydrogens (tertiary/aromatic N) is 4. The standard InChI is InChI=1S/C20H21N5OS2/c1-2-11-25-16-8-4-3-7-15(16)18-19(25)22-20(24-23-18)28-13-17(26)21-10-9-14-6-5-12-27-14/h3-8,12H,2,9-11,13H2,1H3,(H,21,26). The van der Waals surface area contributed by atoms with Gasteiger partial charge in [-0.1, -0.05) is 43.0 Å². The van der Waals surface area contributed by atoms with Gasteiger partial charge in [0.2, 0.25) is 11.1 Å². The van der Waals surface area contributed by atoms with Crippen molar-refractivity contribution in [1.82, 2.24) is 25.1 Å². The quantitative estimate of drug-likeness (QED) is 0.445. The van der Waals surface area contributed by atoms with E-state index >= 15 is 0 Å². The molecule has 0 aliphatic carbocycles. The average Bonchev–Trinajstić information content (AvgIpc) is 3.34. The molecular formula is C20H21N5OS2. The minimum Gasteiger partial charge on any atom is -0.355 e. The Hall–Kier alpha value is -2.45. The van der Waals surface area contributed by atoms with Gasteiger partial charge in [-0.15, -0.1) is 21.5 Å². The summed E-state index contributed by atoms with van der Waals surface area (Å²) in [6.45, 7) is 3.66. The van der Waals surface area contributed by atoms with E-state index in [2.05, 4.69) is 39.1 Å². The van der Waals surface area contributed by atoms with Crippen LogP contribution in [0.15, 0.2) is 46.9 Å². The number of nitrogens with one attached hydrogen (secondary N) is 1. The number of fused-ring (bicyclic) bond motifs is 3. The average molecular weight is 412 g/mol. The summed E-state index contributed by atoms with van der Waals surface area (Å²) in [4.78, 5) is 18.1. The maximum atomic E-state index is 12.1. The minimum absolute atomic E-state index is 0.0145. The smallest absolute Gasteiger partial charge is 0.230 e. The van der Waals surface area contributed by atoms with Crippen LogP contribution in [0.5, 0.6) is 0 Å². The van der Waals surface area contributed by atoms with Gasteiger partial charge >= 0.3 is 0 Å². The molecule has 3 heterocycles. The first-order valence-corrected chi connectivity index (χ1v) is 11.2. The monoisotopic (exact) mass is 411 g/mol. The SMILES string of the molecule is CCCn1c2ccccc2c2nnc(SCC(=O)NCCc3cccs3)nc21. The third kappa shape index (κ3) is 4.02. The number of rotatable bonds is 8. The van der Waals surface area contributed by atoms with Gasteiger partial charge in [-0.05, 0) is 30.4 Å². The first-order chi connectivity index (χ1) is 13.8. The van der Waals surface area contributed by atoms with Crippen LogP contribution in [0.1, 0.15) is 18.2 Å². The maximum absolute atomic E-state index is 12.1. The number of aromatic nitrogens is 4. The molecule has 8 heteroatoms. The molecule has 4 rings (SSSR count). The molecule has 0 unspecified atom stereocenters. The third-order valence-corrected chi connectivity index (χ3v) is 6.18. The van der Waals surface area contributed by atoms with Crippen molar-refractivity contribution in [1.29, 1.82) is 0 Å². The zero-order chi connectivity index (χ0) is 19.3. The van der Waals surface area contributed by atoms with Crippen molar-refractivity contribution in [3.05, 3.63) is 46.7 Å². The minimum atomic E-state index is -0.0145. The molecule has 0 spiro atoms. The van der Waals surface area contributed by atoms with Crippen LogP contribution in [-0.4, -0.2) is 38.0 Å². The Morgan fingerprint density at radius 1 is 1.21 bits per heavy atom. The number of aryl methyl sites for hydroxylation is 1. The highest BCUT2D eigenvalue weighted by Crippen LogP contribution is 2.27. The van der Waals surface area contributed by atoms with Crippen LogP contribution in [0.25, 0.3) is 22.1 Å². The molecule has 6 nitrogen and oxygen atoms in total. The molecule has 28 heavy (non-hydrogen) atoms. The van der Waals surface area contributed by atoms with E-state index in [1.165, 1.54) is 16.6 Å². The number of hydrogen-bond acceptors (Lipinski definition) is 6. The predicted molar refractivity (Wildman–Crippen MR) is 115 cm³/mol. The van der Waals surface area contributed by atoms with Crippen molar-refractivity contribution in [2.45, 2.75) is 31.5 Å². The number of thiophene rings is 1. The van der Waals surface area contributed by atoms with Crippen LogP contribution in [-0.2, 0) is 17.8 Å². The highest BCUT2D eigenvalue weighted by atomic mass is 32.2. The van der Waals surface area contributed by atoms with Gasteiger partial charge in [-0.25, -0.2) is 4.98 Å². The lowest BCUT2D eigenvalue weighted by atomic mass is 10.2. The lowest BCUT2D eigenvalue weighted by Crippen LogP contribution is -2.27. The van der Waals surface area contributed by atoms with E-state index in [1.54, 1.807) is 11.3 Å². The van der Waals surface area contributed by atoms with E-state index < -0.39 is 0 Å². The zero-order valence-corrected chi connectivity index (χ0v) is 17.2. The molecule has 0 fully saturated rings. The van der Waals surface area contributed by atoms with E-state index in [-0.39, 0.29) is 11.7 Å². The summed E-state index contributed by atoms with van der Waals surface area (Å²) in [6.07, 6.45) is 1.86. The summed E-state index contributed by atoms with van der Waals surface area (Å²) in [5.41, 5.74) is 2.77. The summed E-state index contributed by atoms with van der Waals surface area (Å²) >= 11 is 3.03. The van der Waals surface area contributed by atoms with Crippen LogP contribution in [0.2, 0.25) is 0 Å². The molecule has 0 saturated carbocycles.